The summed E-state index contributed by atoms with van der Waals surface area (Å²) >= 11 is 0. The van der Waals surface area contributed by atoms with Crippen molar-refractivity contribution in [1.29, 1.82) is 0 Å². The van der Waals surface area contributed by atoms with Gasteiger partial charge in [-0.2, -0.15) is 13.2 Å². The number of nitrogens with one attached hydrogen (secondary N) is 3. The summed E-state index contributed by atoms with van der Waals surface area (Å²) in [6, 6.07) is 9.28. The maximum atomic E-state index is 12.9. The van der Waals surface area contributed by atoms with Gasteiger partial charge < -0.3 is 20.7 Å². The van der Waals surface area contributed by atoms with Crippen LogP contribution in [0, 0.1) is 0 Å². The van der Waals surface area contributed by atoms with Crippen molar-refractivity contribution in [3.63, 3.8) is 0 Å². The first kappa shape index (κ1) is 27.7. The van der Waals surface area contributed by atoms with E-state index in [1.165, 1.54) is 30.3 Å². The minimum atomic E-state index is -4.55. The lowest BCUT2D eigenvalue weighted by Gasteiger charge is -2.33. The van der Waals surface area contributed by atoms with Crippen molar-refractivity contribution < 1.29 is 37.1 Å². The highest BCUT2D eigenvalue weighted by atomic mass is 19.4. The molecule has 9 nitrogen and oxygen atoms in total. The molecule has 1 fully saturated rings. The standard InChI is InChI=1S/C25H27F3N4O5/c1-2-11-37-22(34)14-20-24(36)29-9-10-32(20)15-21(33)30-18-7-3-5-16(12-18)23(35)31-19-8-4-6-17(13-19)25(26,27)28/h3-8,12-13,20H,2,9-11,14-15H2,1H3,(H,29,36)(H,30,33)(H,31,35). The van der Waals surface area contributed by atoms with Crippen LogP contribution in [0.1, 0.15) is 35.7 Å². The number of benzene rings is 2. The molecule has 3 rings (SSSR count). The molecular weight excluding hydrogens is 493 g/mol. The molecule has 0 bridgehead atoms. The summed E-state index contributed by atoms with van der Waals surface area (Å²) in [6.45, 7) is 2.58. The van der Waals surface area contributed by atoms with Gasteiger partial charge in [0.15, 0.2) is 0 Å². The number of carbonyl (C=O) groups is 4. The molecule has 1 aliphatic rings. The van der Waals surface area contributed by atoms with Crippen molar-refractivity contribution in [2.45, 2.75) is 32.0 Å². The van der Waals surface area contributed by atoms with E-state index in [2.05, 4.69) is 16.0 Å². The van der Waals surface area contributed by atoms with E-state index in [0.29, 0.717) is 19.5 Å². The SMILES string of the molecule is CCCOC(=O)CC1C(=O)NCCN1CC(=O)Nc1cccc(C(=O)Nc2cccc(C(F)(F)F)c2)c1. The summed E-state index contributed by atoms with van der Waals surface area (Å²) < 4.78 is 43.8. The maximum Gasteiger partial charge on any atom is 0.416 e. The number of carbonyl (C=O) groups excluding carboxylic acids is 4. The van der Waals surface area contributed by atoms with Gasteiger partial charge in [0.25, 0.3) is 5.91 Å². The Morgan fingerprint density at radius 1 is 1.08 bits per heavy atom. The fourth-order valence-electron chi connectivity index (χ4n) is 3.71. The first-order valence-electron chi connectivity index (χ1n) is 11.6. The number of ether oxygens (including phenoxy) is 1. The number of halogens is 3. The molecule has 0 spiro atoms. The molecule has 2 aromatic rings. The van der Waals surface area contributed by atoms with Crippen LogP contribution in [0.15, 0.2) is 48.5 Å². The molecule has 0 aliphatic carbocycles. The lowest BCUT2D eigenvalue weighted by molar-refractivity contribution is -0.149. The fourth-order valence-corrected chi connectivity index (χ4v) is 3.71. The van der Waals surface area contributed by atoms with Gasteiger partial charge in [0, 0.05) is 30.0 Å². The number of rotatable bonds is 9. The molecule has 1 aliphatic heterocycles. The number of hydrogen-bond donors (Lipinski definition) is 3. The number of piperazine rings is 1. The predicted molar refractivity (Wildman–Crippen MR) is 129 cm³/mol. The third-order valence-corrected chi connectivity index (χ3v) is 5.47. The molecule has 198 valence electrons. The van der Waals surface area contributed by atoms with Gasteiger partial charge in [-0.05, 0) is 42.8 Å². The molecule has 12 heteroatoms. The topological polar surface area (TPSA) is 117 Å². The first-order valence-corrected chi connectivity index (χ1v) is 11.6. The quantitative estimate of drug-likeness (QED) is 0.438. The summed E-state index contributed by atoms with van der Waals surface area (Å²) in [5.41, 5.74) is -0.526. The van der Waals surface area contributed by atoms with Gasteiger partial charge in [-0.25, -0.2) is 0 Å². The van der Waals surface area contributed by atoms with Gasteiger partial charge in [0.2, 0.25) is 11.8 Å². The zero-order chi connectivity index (χ0) is 27.0. The van der Waals surface area contributed by atoms with Crippen LogP contribution in [-0.2, 0) is 25.3 Å². The lowest BCUT2D eigenvalue weighted by atomic mass is 10.1. The molecule has 1 saturated heterocycles. The summed E-state index contributed by atoms with van der Waals surface area (Å²) in [4.78, 5) is 51.2. The largest absolute Gasteiger partial charge is 0.466 e. The normalized spacial score (nSPS) is 16.0. The van der Waals surface area contributed by atoms with Crippen molar-refractivity contribution >= 4 is 35.1 Å². The van der Waals surface area contributed by atoms with Gasteiger partial charge in [-0.3, -0.25) is 24.1 Å². The smallest absolute Gasteiger partial charge is 0.416 e. The number of nitrogens with zero attached hydrogens (tertiary/aromatic N) is 1. The summed E-state index contributed by atoms with van der Waals surface area (Å²) in [7, 11) is 0. The van der Waals surface area contributed by atoms with E-state index in [1.807, 2.05) is 6.92 Å². The van der Waals surface area contributed by atoms with Gasteiger partial charge >= 0.3 is 12.1 Å². The highest BCUT2D eigenvalue weighted by Crippen LogP contribution is 2.30. The monoisotopic (exact) mass is 520 g/mol. The highest BCUT2D eigenvalue weighted by molar-refractivity contribution is 6.05. The number of esters is 1. The summed E-state index contributed by atoms with van der Waals surface area (Å²) in [5.74, 6) is -2.04. The van der Waals surface area contributed by atoms with Crippen LogP contribution in [0.4, 0.5) is 24.5 Å². The lowest BCUT2D eigenvalue weighted by Crippen LogP contribution is -2.57. The first-order chi connectivity index (χ1) is 17.6. The number of hydrogen-bond acceptors (Lipinski definition) is 6. The van der Waals surface area contributed by atoms with Crippen molar-refractivity contribution in [3.8, 4) is 0 Å². The van der Waals surface area contributed by atoms with Gasteiger partial charge in [0.1, 0.15) is 6.04 Å². The van der Waals surface area contributed by atoms with Crippen LogP contribution in [0.3, 0.4) is 0 Å². The average Bonchev–Trinajstić information content (AvgIpc) is 2.84. The Bertz CT molecular complexity index is 1160. The Labute approximate surface area is 211 Å². The van der Waals surface area contributed by atoms with Crippen LogP contribution in [0.5, 0.6) is 0 Å². The second kappa shape index (κ2) is 12.3. The zero-order valence-corrected chi connectivity index (χ0v) is 20.1. The average molecular weight is 521 g/mol. The molecule has 0 radical (unpaired) electrons. The van der Waals surface area contributed by atoms with Gasteiger partial charge in [0.05, 0.1) is 25.1 Å². The number of anilines is 2. The zero-order valence-electron chi connectivity index (χ0n) is 20.1. The van der Waals surface area contributed by atoms with Crippen LogP contribution in [0.2, 0.25) is 0 Å². The van der Waals surface area contributed by atoms with E-state index in [0.717, 1.165) is 12.1 Å². The molecule has 0 aromatic heterocycles. The van der Waals surface area contributed by atoms with E-state index in [-0.39, 0.29) is 42.4 Å². The van der Waals surface area contributed by atoms with Crippen LogP contribution < -0.4 is 16.0 Å². The third kappa shape index (κ3) is 8.04. The highest BCUT2D eigenvalue weighted by Gasteiger charge is 2.33. The van der Waals surface area contributed by atoms with Crippen molar-refractivity contribution in [2.24, 2.45) is 0 Å². The van der Waals surface area contributed by atoms with Crippen LogP contribution in [-0.4, -0.2) is 60.9 Å². The van der Waals surface area contributed by atoms with Gasteiger partial charge in [-0.1, -0.05) is 19.1 Å². The minimum Gasteiger partial charge on any atom is -0.466 e. The molecule has 37 heavy (non-hydrogen) atoms. The molecule has 1 heterocycles. The number of alkyl halides is 3. The second-order valence-electron chi connectivity index (χ2n) is 8.36. The van der Waals surface area contributed by atoms with Crippen LogP contribution >= 0.6 is 0 Å². The molecule has 3 N–H and O–H groups in total. The molecule has 3 amide bonds. The Hall–Kier alpha value is -3.93. The maximum absolute atomic E-state index is 12.9. The molecular formula is C25H27F3N4O5. The Morgan fingerprint density at radius 3 is 2.49 bits per heavy atom. The van der Waals surface area contributed by atoms with E-state index >= 15 is 0 Å². The summed E-state index contributed by atoms with van der Waals surface area (Å²) in [5, 5.41) is 7.73. The van der Waals surface area contributed by atoms with E-state index in [9.17, 15) is 32.3 Å². The van der Waals surface area contributed by atoms with Crippen molar-refractivity contribution in [2.75, 3.05) is 36.9 Å². The molecule has 1 atom stereocenters. The fraction of sp³-hybridized carbons (Fsp3) is 0.360. The molecule has 2 aromatic carbocycles. The van der Waals surface area contributed by atoms with E-state index in [1.54, 1.807) is 11.0 Å². The van der Waals surface area contributed by atoms with E-state index < -0.39 is 35.6 Å². The van der Waals surface area contributed by atoms with Crippen molar-refractivity contribution in [3.05, 3.63) is 59.7 Å². The Balaban J connectivity index is 1.62. The Kier molecular flexibility index (Phi) is 9.23. The summed E-state index contributed by atoms with van der Waals surface area (Å²) in [6.07, 6.45) is -4.09. The molecule has 0 saturated carbocycles. The second-order valence-corrected chi connectivity index (χ2v) is 8.36. The minimum absolute atomic E-state index is 0.0267. The third-order valence-electron chi connectivity index (χ3n) is 5.47. The molecule has 1 unspecified atom stereocenters. The number of amides is 3. The Morgan fingerprint density at radius 2 is 1.78 bits per heavy atom. The predicted octanol–water partition coefficient (Wildman–Crippen LogP) is 3.04. The van der Waals surface area contributed by atoms with E-state index in [4.69, 9.17) is 4.74 Å². The van der Waals surface area contributed by atoms with Crippen molar-refractivity contribution in [1.82, 2.24) is 10.2 Å². The van der Waals surface area contributed by atoms with Gasteiger partial charge in [-0.15, -0.1) is 0 Å². The van der Waals surface area contributed by atoms with Crippen LogP contribution in [0.25, 0.3) is 0 Å².